The fourth-order valence-corrected chi connectivity index (χ4v) is 3.70. The molecule has 3 rings (SSSR count). The molecule has 2 aliphatic rings. The molecule has 29 heavy (non-hydrogen) atoms. The van der Waals surface area contributed by atoms with Crippen LogP contribution in [0.15, 0.2) is 10.6 Å². The summed E-state index contributed by atoms with van der Waals surface area (Å²) in [6.07, 6.45) is -1.91. The summed E-state index contributed by atoms with van der Waals surface area (Å²) < 4.78 is 59.9. The molecular weight excluding hydrogens is 394 g/mol. The largest absolute Gasteiger partial charge is 0.359 e. The van der Waals surface area contributed by atoms with Gasteiger partial charge < -0.3 is 14.7 Å². The first-order valence-corrected chi connectivity index (χ1v) is 9.62. The molecule has 1 aliphatic heterocycles. The number of alkyl halides is 4. The molecule has 1 saturated heterocycles. The number of halogens is 4. The molecule has 0 spiro atoms. The van der Waals surface area contributed by atoms with Gasteiger partial charge in [-0.25, -0.2) is 17.6 Å². The van der Waals surface area contributed by atoms with Gasteiger partial charge >= 0.3 is 0 Å². The third-order valence-corrected chi connectivity index (χ3v) is 5.42. The maximum atomic E-state index is 14.0. The number of aromatic nitrogens is 1. The first kappa shape index (κ1) is 21.6. The van der Waals surface area contributed by atoms with Gasteiger partial charge in [-0.05, 0) is 12.8 Å². The zero-order valence-electron chi connectivity index (χ0n) is 16.6. The summed E-state index contributed by atoms with van der Waals surface area (Å²) >= 11 is 0. The van der Waals surface area contributed by atoms with Crippen LogP contribution in [0.1, 0.15) is 58.6 Å². The second kappa shape index (κ2) is 7.28. The van der Waals surface area contributed by atoms with E-state index >= 15 is 0 Å². The van der Waals surface area contributed by atoms with E-state index in [1.54, 1.807) is 0 Å². The summed E-state index contributed by atoms with van der Waals surface area (Å²) in [7, 11) is 0. The number of likely N-dealkylation sites (tertiary alicyclic amines) is 1. The van der Waals surface area contributed by atoms with Crippen LogP contribution in [0, 0.1) is 5.92 Å². The summed E-state index contributed by atoms with van der Waals surface area (Å²) in [5.41, 5.74) is -0.360. The predicted molar refractivity (Wildman–Crippen MR) is 95.8 cm³/mol. The highest BCUT2D eigenvalue weighted by molar-refractivity contribution is 5.97. The van der Waals surface area contributed by atoms with Crippen LogP contribution in [0.2, 0.25) is 0 Å². The Hall–Kier alpha value is -2.13. The molecule has 10 heteroatoms. The third kappa shape index (κ3) is 4.90. The average Bonchev–Trinajstić information content (AvgIpc) is 3.18. The number of carbonyl (C=O) groups is 2. The second-order valence-corrected chi connectivity index (χ2v) is 8.99. The van der Waals surface area contributed by atoms with Crippen LogP contribution in [-0.2, 0) is 15.0 Å². The molecule has 6 nitrogen and oxygen atoms in total. The Morgan fingerprint density at radius 3 is 2.34 bits per heavy atom. The van der Waals surface area contributed by atoms with Crippen LogP contribution < -0.4 is 5.32 Å². The number of nitrogens with zero attached hydrogens (tertiary/aromatic N) is 2. The van der Waals surface area contributed by atoms with Crippen molar-refractivity contribution in [1.82, 2.24) is 10.1 Å². The average molecular weight is 419 g/mol. The Morgan fingerprint density at radius 1 is 1.17 bits per heavy atom. The van der Waals surface area contributed by atoms with Gasteiger partial charge in [-0.3, -0.25) is 9.59 Å². The number of carbonyl (C=O) groups excluding carboxylic acids is 2. The maximum Gasteiger partial charge on any atom is 0.267 e. The molecule has 1 atom stereocenters. The van der Waals surface area contributed by atoms with Crippen molar-refractivity contribution >= 4 is 17.6 Å². The van der Waals surface area contributed by atoms with Crippen LogP contribution in [-0.4, -0.2) is 46.3 Å². The van der Waals surface area contributed by atoms with Crippen molar-refractivity contribution in [3.63, 3.8) is 0 Å². The first-order chi connectivity index (χ1) is 13.3. The fraction of sp³-hybridized carbons (Fsp3) is 0.737. The number of rotatable bonds is 3. The van der Waals surface area contributed by atoms with Crippen LogP contribution in [0.25, 0.3) is 0 Å². The predicted octanol–water partition coefficient (Wildman–Crippen LogP) is 3.97. The molecule has 1 aliphatic carbocycles. The van der Waals surface area contributed by atoms with E-state index in [0.29, 0.717) is 5.76 Å². The topological polar surface area (TPSA) is 75.4 Å². The smallest absolute Gasteiger partial charge is 0.267 e. The number of hydrogen-bond acceptors (Lipinski definition) is 4. The Morgan fingerprint density at radius 2 is 1.79 bits per heavy atom. The summed E-state index contributed by atoms with van der Waals surface area (Å²) in [5, 5.41) is 6.15. The number of amides is 2. The molecule has 0 bridgehead atoms. The fourth-order valence-electron chi connectivity index (χ4n) is 3.70. The summed E-state index contributed by atoms with van der Waals surface area (Å²) in [6.45, 7) is 4.74. The number of hydrogen-bond donors (Lipinski definition) is 1. The third-order valence-electron chi connectivity index (χ3n) is 5.42. The Kier molecular flexibility index (Phi) is 5.42. The van der Waals surface area contributed by atoms with Crippen LogP contribution >= 0.6 is 0 Å². The lowest BCUT2D eigenvalue weighted by Gasteiger charge is -2.32. The zero-order chi connectivity index (χ0) is 21.6. The molecule has 0 radical (unpaired) electrons. The minimum atomic E-state index is -3.23. The molecule has 1 N–H and O–H groups in total. The van der Waals surface area contributed by atoms with Crippen molar-refractivity contribution in [2.24, 2.45) is 5.92 Å². The molecule has 1 unspecified atom stereocenters. The van der Waals surface area contributed by atoms with Gasteiger partial charge in [0.25, 0.3) is 5.92 Å². The van der Waals surface area contributed by atoms with E-state index in [1.807, 2.05) is 20.8 Å². The summed E-state index contributed by atoms with van der Waals surface area (Å²) in [4.78, 5) is 26.2. The van der Waals surface area contributed by atoms with Gasteiger partial charge in [0, 0.05) is 36.7 Å². The SMILES string of the molecule is CC(C)(C)c1cc(NC(=O)C2CC(F)(F)CN2C(=O)C2CCC(F)(F)CC2)no1. The van der Waals surface area contributed by atoms with Crippen LogP contribution in [0.5, 0.6) is 0 Å². The lowest BCUT2D eigenvalue weighted by Crippen LogP contribution is -2.47. The highest BCUT2D eigenvalue weighted by atomic mass is 19.3. The molecule has 2 heterocycles. The molecule has 2 fully saturated rings. The number of nitrogens with one attached hydrogen (secondary N) is 1. The number of anilines is 1. The Bertz CT molecular complexity index is 778. The molecule has 0 aromatic carbocycles. The van der Waals surface area contributed by atoms with Gasteiger partial charge in [-0.1, -0.05) is 25.9 Å². The summed E-state index contributed by atoms with van der Waals surface area (Å²) in [6, 6.07) is 0.107. The quantitative estimate of drug-likeness (QED) is 0.753. The lowest BCUT2D eigenvalue weighted by atomic mass is 9.85. The van der Waals surface area contributed by atoms with Crippen LogP contribution in [0.4, 0.5) is 23.4 Å². The van der Waals surface area contributed by atoms with Gasteiger partial charge in [0.1, 0.15) is 11.8 Å². The second-order valence-electron chi connectivity index (χ2n) is 8.99. The van der Waals surface area contributed by atoms with Crippen molar-refractivity contribution in [3.05, 3.63) is 11.8 Å². The van der Waals surface area contributed by atoms with E-state index in [4.69, 9.17) is 4.52 Å². The molecule has 1 saturated carbocycles. The minimum Gasteiger partial charge on any atom is -0.359 e. The Labute approximate surface area is 166 Å². The molecule has 162 valence electrons. The van der Waals surface area contributed by atoms with E-state index in [1.165, 1.54) is 6.07 Å². The van der Waals surface area contributed by atoms with Gasteiger partial charge in [0.15, 0.2) is 5.82 Å². The van der Waals surface area contributed by atoms with Gasteiger partial charge in [0.2, 0.25) is 17.7 Å². The highest BCUT2D eigenvalue weighted by Crippen LogP contribution is 2.40. The van der Waals surface area contributed by atoms with E-state index in [-0.39, 0.29) is 24.1 Å². The molecule has 2 amide bonds. The van der Waals surface area contributed by atoms with E-state index < -0.39 is 61.4 Å². The molecular formula is C19H25F4N3O3. The first-order valence-electron chi connectivity index (χ1n) is 9.62. The monoisotopic (exact) mass is 419 g/mol. The molecule has 1 aromatic rings. The highest BCUT2D eigenvalue weighted by Gasteiger charge is 2.52. The van der Waals surface area contributed by atoms with Gasteiger partial charge in [-0.2, -0.15) is 0 Å². The standard InChI is InChI=1S/C19H25F4N3O3/c1-17(2,3)13-8-14(25-29-13)24-15(27)12-9-19(22,23)10-26(12)16(28)11-4-6-18(20,21)7-5-11/h8,11-12H,4-7,9-10H2,1-3H3,(H,24,25,27). The van der Waals surface area contributed by atoms with Crippen molar-refractivity contribution in [1.29, 1.82) is 0 Å². The minimum absolute atomic E-state index is 0.0693. The van der Waals surface area contributed by atoms with Gasteiger partial charge in [-0.15, -0.1) is 0 Å². The van der Waals surface area contributed by atoms with Gasteiger partial charge in [0.05, 0.1) is 6.54 Å². The van der Waals surface area contributed by atoms with Crippen LogP contribution in [0.3, 0.4) is 0 Å². The van der Waals surface area contributed by atoms with E-state index in [0.717, 1.165) is 4.90 Å². The van der Waals surface area contributed by atoms with Crippen molar-refractivity contribution in [2.45, 2.75) is 76.2 Å². The van der Waals surface area contributed by atoms with E-state index in [2.05, 4.69) is 10.5 Å². The molecule has 1 aromatic heterocycles. The van der Waals surface area contributed by atoms with Crippen molar-refractivity contribution < 1.29 is 31.7 Å². The van der Waals surface area contributed by atoms with Crippen molar-refractivity contribution in [3.8, 4) is 0 Å². The lowest BCUT2D eigenvalue weighted by molar-refractivity contribution is -0.144. The zero-order valence-corrected chi connectivity index (χ0v) is 16.6. The maximum absolute atomic E-state index is 14.0. The van der Waals surface area contributed by atoms with E-state index in [9.17, 15) is 27.2 Å². The Balaban J connectivity index is 1.71. The summed E-state index contributed by atoms with van der Waals surface area (Å²) in [5.74, 6) is -7.74. The normalized spacial score (nSPS) is 24.5. The van der Waals surface area contributed by atoms with Crippen molar-refractivity contribution in [2.75, 3.05) is 11.9 Å².